The van der Waals surface area contributed by atoms with E-state index in [9.17, 15) is 9.59 Å². The normalized spacial score (nSPS) is 14.1. The SMILES string of the molecule is COc1ccc(OC)c(-c2cc(C(=O)NCCN3CCN(C(=O)c4cccs4)CC3)n(C)n2)c1. The molecule has 1 saturated heterocycles. The molecule has 3 aromatic rings. The van der Waals surface area contributed by atoms with Gasteiger partial charge in [-0.25, -0.2) is 0 Å². The Morgan fingerprint density at radius 3 is 2.56 bits per heavy atom. The summed E-state index contributed by atoms with van der Waals surface area (Å²) in [5, 5.41) is 9.41. The van der Waals surface area contributed by atoms with E-state index in [2.05, 4.69) is 15.3 Å². The number of ether oxygens (including phenoxy) is 2. The summed E-state index contributed by atoms with van der Waals surface area (Å²) < 4.78 is 12.3. The highest BCUT2D eigenvalue weighted by atomic mass is 32.1. The van der Waals surface area contributed by atoms with Gasteiger partial charge in [0, 0.05) is 51.9 Å². The second kappa shape index (κ2) is 10.7. The molecule has 3 heterocycles. The molecule has 0 aliphatic carbocycles. The Bertz CT molecular complexity index is 1140. The number of hydrogen-bond donors (Lipinski definition) is 1. The lowest BCUT2D eigenvalue weighted by Crippen LogP contribution is -2.50. The highest BCUT2D eigenvalue weighted by Crippen LogP contribution is 2.32. The van der Waals surface area contributed by atoms with Crippen molar-refractivity contribution in [3.63, 3.8) is 0 Å². The minimum atomic E-state index is -0.186. The Kier molecular flexibility index (Phi) is 7.49. The smallest absolute Gasteiger partial charge is 0.269 e. The molecule has 9 nitrogen and oxygen atoms in total. The van der Waals surface area contributed by atoms with Crippen LogP contribution in [0.25, 0.3) is 11.3 Å². The third kappa shape index (κ3) is 5.23. The summed E-state index contributed by atoms with van der Waals surface area (Å²) in [7, 11) is 4.94. The number of amides is 2. The zero-order chi connectivity index (χ0) is 24.1. The zero-order valence-corrected chi connectivity index (χ0v) is 20.4. The average Bonchev–Trinajstić information content (AvgIpc) is 3.54. The Balaban J connectivity index is 1.30. The van der Waals surface area contributed by atoms with Gasteiger partial charge in [-0.3, -0.25) is 19.2 Å². The fourth-order valence-electron chi connectivity index (χ4n) is 3.97. The van der Waals surface area contributed by atoms with E-state index in [1.807, 2.05) is 40.6 Å². The first kappa shape index (κ1) is 23.8. The molecule has 1 N–H and O–H groups in total. The van der Waals surface area contributed by atoms with E-state index in [4.69, 9.17) is 9.47 Å². The molecule has 0 spiro atoms. The quantitative estimate of drug-likeness (QED) is 0.529. The summed E-state index contributed by atoms with van der Waals surface area (Å²) in [4.78, 5) is 30.2. The number of thiophene rings is 1. The second-order valence-corrected chi connectivity index (χ2v) is 8.92. The summed E-state index contributed by atoms with van der Waals surface area (Å²) in [6.45, 7) is 4.20. The number of aryl methyl sites for hydroxylation is 1. The van der Waals surface area contributed by atoms with Crippen LogP contribution in [0.2, 0.25) is 0 Å². The molecule has 180 valence electrons. The molecule has 0 bridgehead atoms. The highest BCUT2D eigenvalue weighted by molar-refractivity contribution is 7.12. The molecule has 1 aliphatic rings. The molecule has 0 saturated carbocycles. The van der Waals surface area contributed by atoms with Crippen molar-refractivity contribution in [1.29, 1.82) is 0 Å². The topological polar surface area (TPSA) is 88.9 Å². The van der Waals surface area contributed by atoms with E-state index >= 15 is 0 Å². The molecule has 1 aliphatic heterocycles. The summed E-state index contributed by atoms with van der Waals surface area (Å²) in [6.07, 6.45) is 0. The third-order valence-corrected chi connectivity index (χ3v) is 6.76. The van der Waals surface area contributed by atoms with Crippen molar-refractivity contribution in [3.8, 4) is 22.8 Å². The summed E-state index contributed by atoms with van der Waals surface area (Å²) in [5.41, 5.74) is 1.85. The van der Waals surface area contributed by atoms with Crippen molar-refractivity contribution < 1.29 is 19.1 Å². The maximum atomic E-state index is 12.8. The lowest BCUT2D eigenvalue weighted by Gasteiger charge is -2.34. The minimum absolute atomic E-state index is 0.0997. The Hall–Kier alpha value is -3.37. The van der Waals surface area contributed by atoms with Crippen LogP contribution in [0, 0.1) is 0 Å². The van der Waals surface area contributed by atoms with Crippen LogP contribution in [0.15, 0.2) is 41.8 Å². The predicted octanol–water partition coefficient (Wildman–Crippen LogP) is 2.35. The number of nitrogens with zero attached hydrogens (tertiary/aromatic N) is 4. The number of methoxy groups -OCH3 is 2. The van der Waals surface area contributed by atoms with Crippen LogP contribution in [0.1, 0.15) is 20.2 Å². The first-order valence-corrected chi connectivity index (χ1v) is 12.0. The number of piperazine rings is 1. The van der Waals surface area contributed by atoms with E-state index in [0.29, 0.717) is 42.5 Å². The van der Waals surface area contributed by atoms with Crippen molar-refractivity contribution >= 4 is 23.2 Å². The fraction of sp³-hybridized carbons (Fsp3) is 0.375. The van der Waals surface area contributed by atoms with Crippen LogP contribution in [-0.4, -0.2) is 84.9 Å². The van der Waals surface area contributed by atoms with Gasteiger partial charge < -0.3 is 19.7 Å². The summed E-state index contributed by atoms with van der Waals surface area (Å²) in [6, 6.07) is 11.0. The number of hydrogen-bond acceptors (Lipinski definition) is 7. The van der Waals surface area contributed by atoms with Crippen molar-refractivity contribution in [1.82, 2.24) is 24.9 Å². The number of carbonyl (C=O) groups excluding carboxylic acids is 2. The fourth-order valence-corrected chi connectivity index (χ4v) is 4.67. The third-order valence-electron chi connectivity index (χ3n) is 5.90. The van der Waals surface area contributed by atoms with Gasteiger partial charge in [-0.1, -0.05) is 6.07 Å². The van der Waals surface area contributed by atoms with Crippen molar-refractivity contribution in [3.05, 3.63) is 52.3 Å². The lowest BCUT2D eigenvalue weighted by atomic mass is 10.1. The molecular weight excluding hydrogens is 454 g/mol. The first-order chi connectivity index (χ1) is 16.5. The molecule has 1 fully saturated rings. The molecule has 0 atom stereocenters. The maximum absolute atomic E-state index is 12.8. The molecular formula is C24H29N5O4S. The highest BCUT2D eigenvalue weighted by Gasteiger charge is 2.23. The van der Waals surface area contributed by atoms with Crippen LogP contribution in [0.3, 0.4) is 0 Å². The largest absolute Gasteiger partial charge is 0.497 e. The molecule has 4 rings (SSSR count). The van der Waals surface area contributed by atoms with E-state index in [0.717, 1.165) is 30.1 Å². The second-order valence-electron chi connectivity index (χ2n) is 7.97. The van der Waals surface area contributed by atoms with Crippen LogP contribution < -0.4 is 14.8 Å². The molecule has 10 heteroatoms. The van der Waals surface area contributed by atoms with Gasteiger partial charge in [0.05, 0.1) is 24.8 Å². The van der Waals surface area contributed by atoms with Gasteiger partial charge in [0.15, 0.2) is 0 Å². The van der Waals surface area contributed by atoms with Gasteiger partial charge in [0.2, 0.25) is 0 Å². The van der Waals surface area contributed by atoms with Crippen LogP contribution in [-0.2, 0) is 7.05 Å². The van der Waals surface area contributed by atoms with Crippen molar-refractivity contribution in [2.75, 3.05) is 53.5 Å². The monoisotopic (exact) mass is 483 g/mol. The zero-order valence-electron chi connectivity index (χ0n) is 19.6. The molecule has 0 unspecified atom stereocenters. The number of benzene rings is 1. The number of nitrogens with one attached hydrogen (secondary N) is 1. The number of carbonyl (C=O) groups is 2. The van der Waals surface area contributed by atoms with Crippen LogP contribution >= 0.6 is 11.3 Å². The van der Waals surface area contributed by atoms with Gasteiger partial charge in [0.25, 0.3) is 11.8 Å². The number of aromatic nitrogens is 2. The maximum Gasteiger partial charge on any atom is 0.269 e. The molecule has 2 aromatic heterocycles. The van der Waals surface area contributed by atoms with Crippen LogP contribution in [0.4, 0.5) is 0 Å². The van der Waals surface area contributed by atoms with E-state index in [1.165, 1.54) is 11.3 Å². The van der Waals surface area contributed by atoms with Crippen molar-refractivity contribution in [2.24, 2.45) is 7.05 Å². The van der Waals surface area contributed by atoms with E-state index in [-0.39, 0.29) is 11.8 Å². The van der Waals surface area contributed by atoms with E-state index < -0.39 is 0 Å². The van der Waals surface area contributed by atoms with Gasteiger partial charge in [-0.15, -0.1) is 11.3 Å². The summed E-state index contributed by atoms with van der Waals surface area (Å²) in [5.74, 6) is 1.25. The Labute approximate surface area is 202 Å². The van der Waals surface area contributed by atoms with Crippen LogP contribution in [0.5, 0.6) is 11.5 Å². The van der Waals surface area contributed by atoms with Gasteiger partial charge >= 0.3 is 0 Å². The van der Waals surface area contributed by atoms with Gasteiger partial charge in [-0.05, 0) is 35.7 Å². The molecule has 0 radical (unpaired) electrons. The number of rotatable bonds is 8. The minimum Gasteiger partial charge on any atom is -0.497 e. The lowest BCUT2D eigenvalue weighted by molar-refractivity contribution is 0.0642. The van der Waals surface area contributed by atoms with Gasteiger partial charge in [-0.2, -0.15) is 5.10 Å². The Morgan fingerprint density at radius 2 is 1.88 bits per heavy atom. The van der Waals surface area contributed by atoms with Gasteiger partial charge in [0.1, 0.15) is 17.2 Å². The molecule has 34 heavy (non-hydrogen) atoms. The standard InChI is InChI=1S/C24H29N5O4S/c1-27-20(16-19(26-27)18-15-17(32-2)6-7-21(18)33-3)23(30)25-8-9-28-10-12-29(13-11-28)24(31)22-5-4-14-34-22/h4-7,14-16H,8-13H2,1-3H3,(H,25,30). The molecule has 2 amide bonds. The molecule has 1 aromatic carbocycles. The predicted molar refractivity (Wildman–Crippen MR) is 131 cm³/mol. The van der Waals surface area contributed by atoms with Crippen molar-refractivity contribution in [2.45, 2.75) is 0 Å². The van der Waals surface area contributed by atoms with E-state index in [1.54, 1.807) is 32.0 Å². The Morgan fingerprint density at radius 1 is 1.09 bits per heavy atom. The average molecular weight is 484 g/mol. The first-order valence-electron chi connectivity index (χ1n) is 11.1. The summed E-state index contributed by atoms with van der Waals surface area (Å²) >= 11 is 1.47.